The highest BCUT2D eigenvalue weighted by Gasteiger charge is 2.29. The van der Waals surface area contributed by atoms with Gasteiger partial charge in [-0.15, -0.1) is 11.8 Å². The van der Waals surface area contributed by atoms with Gasteiger partial charge in [-0.3, -0.25) is 4.90 Å². The van der Waals surface area contributed by atoms with Crippen LogP contribution in [0.15, 0.2) is 30.3 Å². The molecule has 1 atom stereocenters. The monoisotopic (exact) mass is 303 g/mol. The minimum atomic E-state index is 0.769. The average Bonchev–Trinajstić information content (AvgIpc) is 2.58. The largest absolute Gasteiger partial charge is 0.291 e. The number of nitrogens with zero attached hydrogens (tertiary/aromatic N) is 1. The van der Waals surface area contributed by atoms with Crippen LogP contribution in [0.5, 0.6) is 0 Å². The van der Waals surface area contributed by atoms with Gasteiger partial charge >= 0.3 is 0 Å². The summed E-state index contributed by atoms with van der Waals surface area (Å²) in [4.78, 5) is 2.81. The van der Waals surface area contributed by atoms with E-state index in [4.69, 9.17) is 0 Å². The number of piperidine rings is 1. The lowest BCUT2D eigenvalue weighted by Gasteiger charge is -2.40. The van der Waals surface area contributed by atoms with Crippen molar-refractivity contribution in [1.29, 1.82) is 0 Å². The van der Waals surface area contributed by atoms with Crippen molar-refractivity contribution in [3.05, 3.63) is 35.9 Å². The number of rotatable bonds is 5. The minimum Gasteiger partial charge on any atom is -0.291 e. The number of thioether (sulfide) groups is 1. The van der Waals surface area contributed by atoms with Crippen molar-refractivity contribution in [2.75, 3.05) is 13.1 Å². The zero-order chi connectivity index (χ0) is 14.3. The van der Waals surface area contributed by atoms with Crippen LogP contribution < -0.4 is 0 Å². The number of benzene rings is 1. The van der Waals surface area contributed by atoms with Gasteiger partial charge in [0.25, 0.3) is 0 Å². The summed E-state index contributed by atoms with van der Waals surface area (Å²) in [6, 6.07) is 11.0. The highest BCUT2D eigenvalue weighted by Crippen LogP contribution is 2.37. The molecule has 1 aliphatic carbocycles. The van der Waals surface area contributed by atoms with Crippen molar-refractivity contribution in [1.82, 2.24) is 4.90 Å². The summed E-state index contributed by atoms with van der Waals surface area (Å²) >= 11 is 2.21. The van der Waals surface area contributed by atoms with Gasteiger partial charge in [0.2, 0.25) is 0 Å². The van der Waals surface area contributed by atoms with E-state index in [1.165, 1.54) is 75.8 Å². The van der Waals surface area contributed by atoms with E-state index in [0.717, 1.165) is 11.3 Å². The lowest BCUT2D eigenvalue weighted by atomic mass is 9.88. The van der Waals surface area contributed by atoms with E-state index in [2.05, 4.69) is 47.0 Å². The second-order valence-electron chi connectivity index (χ2n) is 6.68. The Balaban J connectivity index is 1.62. The first-order chi connectivity index (χ1) is 10.4. The zero-order valence-electron chi connectivity index (χ0n) is 13.2. The highest BCUT2D eigenvalue weighted by molar-refractivity contribution is 7.99. The Morgan fingerprint density at radius 2 is 1.57 bits per heavy atom. The van der Waals surface area contributed by atoms with Crippen LogP contribution in [0.3, 0.4) is 0 Å². The van der Waals surface area contributed by atoms with Crippen LogP contribution in [0, 0.1) is 5.92 Å². The second kappa shape index (κ2) is 8.24. The molecule has 1 heterocycles. The van der Waals surface area contributed by atoms with Crippen LogP contribution in [-0.2, 0) is 5.75 Å². The van der Waals surface area contributed by atoms with Crippen LogP contribution in [0.25, 0.3) is 0 Å². The fourth-order valence-electron chi connectivity index (χ4n) is 3.89. The maximum atomic E-state index is 2.81. The molecule has 1 aliphatic heterocycles. The molecule has 0 aromatic heterocycles. The quantitative estimate of drug-likeness (QED) is 0.725. The van der Waals surface area contributed by atoms with E-state index < -0.39 is 0 Å². The van der Waals surface area contributed by atoms with Crippen LogP contribution in [0.1, 0.15) is 56.9 Å². The Morgan fingerprint density at radius 3 is 2.29 bits per heavy atom. The van der Waals surface area contributed by atoms with Gasteiger partial charge in [-0.1, -0.05) is 56.0 Å². The first-order valence-electron chi connectivity index (χ1n) is 8.83. The number of hydrogen-bond acceptors (Lipinski definition) is 2. The molecule has 0 amide bonds. The molecule has 0 N–H and O–H groups in total. The Labute approximate surface area is 134 Å². The van der Waals surface area contributed by atoms with Gasteiger partial charge in [-0.2, -0.15) is 0 Å². The summed E-state index contributed by atoms with van der Waals surface area (Å²) in [5.41, 5.74) is 1.49. The lowest BCUT2D eigenvalue weighted by Crippen LogP contribution is -2.42. The molecule has 3 rings (SSSR count). The average molecular weight is 304 g/mol. The topological polar surface area (TPSA) is 3.24 Å². The smallest absolute Gasteiger partial charge is 0.0589 e. The van der Waals surface area contributed by atoms with Crippen LogP contribution in [0.4, 0.5) is 0 Å². The molecule has 1 aromatic rings. The van der Waals surface area contributed by atoms with E-state index >= 15 is 0 Å². The van der Waals surface area contributed by atoms with Gasteiger partial charge < -0.3 is 0 Å². The van der Waals surface area contributed by atoms with Crippen molar-refractivity contribution in [2.24, 2.45) is 5.92 Å². The molecule has 2 aliphatic rings. The summed E-state index contributed by atoms with van der Waals surface area (Å²) in [5, 5.41) is 0.769. The molecule has 0 spiro atoms. The maximum absolute atomic E-state index is 2.81. The van der Waals surface area contributed by atoms with Gasteiger partial charge in [-0.25, -0.2) is 0 Å². The molecule has 0 bridgehead atoms. The molecule has 0 unspecified atom stereocenters. The molecule has 0 radical (unpaired) electrons. The Morgan fingerprint density at radius 1 is 0.905 bits per heavy atom. The first kappa shape index (κ1) is 15.4. The lowest BCUT2D eigenvalue weighted by molar-refractivity contribution is 0.152. The fourth-order valence-corrected chi connectivity index (χ4v) is 5.41. The molecule has 2 heteroatoms. The summed E-state index contributed by atoms with van der Waals surface area (Å²) in [5.74, 6) is 2.11. The summed E-state index contributed by atoms with van der Waals surface area (Å²) in [7, 11) is 0. The molecule has 21 heavy (non-hydrogen) atoms. The third-order valence-electron chi connectivity index (χ3n) is 5.07. The third kappa shape index (κ3) is 4.50. The van der Waals surface area contributed by atoms with Gasteiger partial charge in [0, 0.05) is 5.75 Å². The minimum absolute atomic E-state index is 0.769. The van der Waals surface area contributed by atoms with Crippen LogP contribution in [0.2, 0.25) is 0 Å². The molecular formula is C19H29NS. The third-order valence-corrected chi connectivity index (χ3v) is 6.59. The zero-order valence-corrected chi connectivity index (χ0v) is 14.0. The van der Waals surface area contributed by atoms with Crippen molar-refractivity contribution in [2.45, 2.75) is 62.5 Å². The second-order valence-corrected chi connectivity index (χ2v) is 7.79. The Hall–Kier alpha value is -0.470. The van der Waals surface area contributed by atoms with Gasteiger partial charge in [0.1, 0.15) is 0 Å². The normalized spacial score (nSPS) is 23.0. The van der Waals surface area contributed by atoms with Crippen molar-refractivity contribution >= 4 is 11.8 Å². The summed E-state index contributed by atoms with van der Waals surface area (Å²) in [6.07, 6.45) is 11.6. The Kier molecular flexibility index (Phi) is 6.05. The fraction of sp³-hybridized carbons (Fsp3) is 0.684. The van der Waals surface area contributed by atoms with Crippen molar-refractivity contribution < 1.29 is 0 Å². The van der Waals surface area contributed by atoms with Gasteiger partial charge in [-0.05, 0) is 50.3 Å². The molecule has 2 fully saturated rings. The van der Waals surface area contributed by atoms with E-state index in [1.54, 1.807) is 0 Å². The van der Waals surface area contributed by atoms with Crippen LogP contribution >= 0.6 is 11.8 Å². The van der Waals surface area contributed by atoms with E-state index in [9.17, 15) is 0 Å². The first-order valence-corrected chi connectivity index (χ1v) is 9.88. The molecule has 1 aromatic carbocycles. The van der Waals surface area contributed by atoms with Gasteiger partial charge in [0.05, 0.1) is 5.37 Å². The highest BCUT2D eigenvalue weighted by atomic mass is 32.2. The van der Waals surface area contributed by atoms with Crippen molar-refractivity contribution in [3.8, 4) is 0 Å². The molecular weight excluding hydrogens is 274 g/mol. The molecule has 1 saturated heterocycles. The molecule has 1 saturated carbocycles. The predicted molar refractivity (Wildman–Crippen MR) is 93.5 cm³/mol. The van der Waals surface area contributed by atoms with E-state index in [0.29, 0.717) is 0 Å². The summed E-state index contributed by atoms with van der Waals surface area (Å²) in [6.45, 7) is 2.67. The standard InChI is InChI=1S/C19H29NS/c1-4-10-17(11-5-1)16-21-19(18-12-6-2-7-13-18)20-14-8-3-9-15-20/h1,4-5,10-11,18-19H,2-3,6-9,12-16H2/t19-/m0/s1. The predicted octanol–water partition coefficient (Wildman–Crippen LogP) is 5.31. The van der Waals surface area contributed by atoms with Crippen molar-refractivity contribution in [3.63, 3.8) is 0 Å². The Bertz CT molecular complexity index is 375. The SMILES string of the molecule is c1ccc(CS[C@@H](C2CCCCC2)N2CCCCC2)cc1. The van der Waals surface area contributed by atoms with E-state index in [1.807, 2.05) is 0 Å². The van der Waals surface area contributed by atoms with Gasteiger partial charge in [0.15, 0.2) is 0 Å². The number of likely N-dealkylation sites (tertiary alicyclic amines) is 1. The molecule has 116 valence electrons. The van der Waals surface area contributed by atoms with E-state index in [-0.39, 0.29) is 0 Å². The summed E-state index contributed by atoms with van der Waals surface area (Å²) < 4.78 is 0. The maximum Gasteiger partial charge on any atom is 0.0589 e. The van der Waals surface area contributed by atoms with Crippen LogP contribution in [-0.4, -0.2) is 23.4 Å². The molecule has 1 nitrogen and oxygen atoms in total. The number of hydrogen-bond donors (Lipinski definition) is 0.